The molecule has 6 aliphatic rings. The van der Waals surface area contributed by atoms with Gasteiger partial charge in [0.15, 0.2) is 0 Å². The number of rotatable bonds is 0. The van der Waals surface area contributed by atoms with Crippen LogP contribution >= 0.6 is 0 Å². The third kappa shape index (κ3) is 16.1. The van der Waals surface area contributed by atoms with Crippen LogP contribution in [-0.4, -0.2) is 0 Å². The molecular weight excluding hydrogens is 456 g/mol. The first kappa shape index (κ1) is 42.2. The molecule has 6 rings (SSSR count). The Morgan fingerprint density at radius 1 is 0.500 bits per heavy atom. The fourth-order valence-corrected chi connectivity index (χ4v) is 7.59. The van der Waals surface area contributed by atoms with E-state index in [1.54, 1.807) is 5.57 Å². The summed E-state index contributed by atoms with van der Waals surface area (Å²) < 4.78 is 0. The molecule has 0 aromatic heterocycles. The van der Waals surface area contributed by atoms with E-state index in [4.69, 9.17) is 0 Å². The summed E-state index contributed by atoms with van der Waals surface area (Å²) in [5, 5.41) is 0. The molecule has 0 saturated heterocycles. The molecule has 0 radical (unpaired) electrons. The smallest absolute Gasteiger partial charge is 0.0287 e. The van der Waals surface area contributed by atoms with Crippen molar-refractivity contribution < 1.29 is 0 Å². The Morgan fingerprint density at radius 3 is 0.947 bits per heavy atom. The zero-order valence-electron chi connectivity index (χ0n) is 25.3. The lowest BCUT2D eigenvalue weighted by Crippen LogP contribution is -2.45. The predicted molar refractivity (Wildman–Crippen MR) is 181 cm³/mol. The number of hydrogen-bond acceptors (Lipinski definition) is 0. The van der Waals surface area contributed by atoms with Crippen molar-refractivity contribution in [1.82, 2.24) is 0 Å². The van der Waals surface area contributed by atoms with Gasteiger partial charge in [0, 0.05) is 0 Å². The molecule has 0 N–H and O–H groups in total. The Balaban J connectivity index is -0.000000397. The second kappa shape index (κ2) is 19.8. The molecule has 5 atom stereocenters. The van der Waals surface area contributed by atoms with Crippen LogP contribution < -0.4 is 0 Å². The summed E-state index contributed by atoms with van der Waals surface area (Å²) in [4.78, 5) is 0. The van der Waals surface area contributed by atoms with E-state index in [0.29, 0.717) is 0 Å². The van der Waals surface area contributed by atoms with E-state index in [0.717, 1.165) is 58.7 Å². The van der Waals surface area contributed by atoms with Crippen molar-refractivity contribution in [2.45, 2.75) is 176 Å². The third-order valence-electron chi connectivity index (χ3n) is 9.74. The van der Waals surface area contributed by atoms with Crippen LogP contribution in [-0.2, 0) is 0 Å². The Hall–Kier alpha value is -0.260. The van der Waals surface area contributed by atoms with Gasteiger partial charge in [-0.2, -0.15) is 0 Å². The maximum atomic E-state index is 2.38. The summed E-state index contributed by atoms with van der Waals surface area (Å²) in [5.74, 6) is 9.27. The van der Waals surface area contributed by atoms with Gasteiger partial charge in [0.25, 0.3) is 0 Å². The fraction of sp³-hybridized carbons (Fsp3) is 0.947. The van der Waals surface area contributed by atoms with E-state index in [1.807, 2.05) is 0 Å². The lowest BCUT2D eigenvalue weighted by molar-refractivity contribution is -0.0549. The van der Waals surface area contributed by atoms with Crippen molar-refractivity contribution in [3.63, 3.8) is 0 Å². The second-order valence-electron chi connectivity index (χ2n) is 15.0. The molecule has 0 nitrogen and oxygen atoms in total. The molecule has 5 fully saturated rings. The van der Waals surface area contributed by atoms with Gasteiger partial charge in [-0.3, -0.25) is 0 Å². The Labute approximate surface area is 246 Å². The summed E-state index contributed by atoms with van der Waals surface area (Å²) in [7, 11) is 0. The molecule has 0 aliphatic heterocycles. The molecule has 5 unspecified atom stereocenters. The molecular formula is C38H80. The van der Waals surface area contributed by atoms with E-state index in [1.165, 1.54) is 77.0 Å². The van der Waals surface area contributed by atoms with E-state index < -0.39 is 0 Å². The van der Waals surface area contributed by atoms with Gasteiger partial charge in [-0.1, -0.05) is 117 Å². The van der Waals surface area contributed by atoms with Gasteiger partial charge in [0.2, 0.25) is 0 Å². The van der Waals surface area contributed by atoms with Crippen molar-refractivity contribution >= 4 is 0 Å². The maximum Gasteiger partial charge on any atom is -0.0287 e. The number of hydrogen-bond donors (Lipinski definition) is 0. The highest BCUT2D eigenvalue weighted by atomic mass is 14.5. The summed E-state index contributed by atoms with van der Waals surface area (Å²) in [6, 6.07) is 0. The molecule has 0 bridgehead atoms. The maximum absolute atomic E-state index is 2.38. The molecule has 0 heterocycles. The van der Waals surface area contributed by atoms with Crippen molar-refractivity contribution in [3.8, 4) is 0 Å². The van der Waals surface area contributed by atoms with E-state index in [2.05, 4.69) is 75.3 Å². The van der Waals surface area contributed by atoms with Crippen molar-refractivity contribution in [3.05, 3.63) is 11.6 Å². The zero-order chi connectivity index (χ0) is 25.5. The zero-order valence-corrected chi connectivity index (χ0v) is 25.3. The molecule has 0 heteroatoms. The quantitative estimate of drug-likeness (QED) is 0.270. The molecule has 0 aromatic carbocycles. The standard InChI is InChI=1S/C9H16.C7H14.C7H12.C6H12.C5H10.4CH4/c1-7-3-9(4-7)5-8(2)6-9;2*1-6-3-4-7(2)5-6;1-5-3-6(2)4-5;1-4-3-5(4)2;;;;/h7-8H,3-6H2,1-2H3;6-7H,3-5H2,1-2H3;3,7H,4-5H2,1-2H3;5-6H,3-4H2,1-2H3;4-5H,3H2,1-2H3;4*1H4. The molecule has 0 aromatic rings. The molecule has 5 saturated carbocycles. The molecule has 232 valence electrons. The third-order valence-corrected chi connectivity index (χ3v) is 9.74. The molecule has 1 spiro atoms. The fourth-order valence-electron chi connectivity index (χ4n) is 7.59. The summed E-state index contributed by atoms with van der Waals surface area (Å²) >= 11 is 0. The lowest BCUT2D eigenvalue weighted by Gasteiger charge is -2.56. The Kier molecular flexibility index (Phi) is 21.9. The van der Waals surface area contributed by atoms with Crippen molar-refractivity contribution in [2.75, 3.05) is 0 Å². The summed E-state index contributed by atoms with van der Waals surface area (Å²) in [6.07, 6.45) is 20.0. The van der Waals surface area contributed by atoms with Crippen molar-refractivity contribution in [1.29, 1.82) is 0 Å². The SMILES string of the molecule is C.C.C.C.CC1=CCC(C)C1.CC1CC(C)C1.CC1CC1C.CC1CC2(C1)CC(C)C2.CC1CCC(C)C1. The largest absolute Gasteiger partial charge is 0.0853 e. The molecule has 38 heavy (non-hydrogen) atoms. The van der Waals surface area contributed by atoms with Crippen LogP contribution in [0.2, 0.25) is 0 Å². The van der Waals surface area contributed by atoms with Crippen LogP contribution in [0.1, 0.15) is 176 Å². The highest BCUT2D eigenvalue weighted by molar-refractivity contribution is 5.05. The first-order chi connectivity index (χ1) is 15.9. The van der Waals surface area contributed by atoms with Gasteiger partial charge < -0.3 is 0 Å². The Morgan fingerprint density at radius 2 is 0.842 bits per heavy atom. The van der Waals surface area contributed by atoms with Gasteiger partial charge >= 0.3 is 0 Å². The van der Waals surface area contributed by atoms with Gasteiger partial charge in [-0.15, -0.1) is 0 Å². The first-order valence-corrected chi connectivity index (χ1v) is 15.5. The summed E-state index contributed by atoms with van der Waals surface area (Å²) in [6.45, 7) is 23.2. The van der Waals surface area contributed by atoms with E-state index in [9.17, 15) is 0 Å². The van der Waals surface area contributed by atoms with Gasteiger partial charge in [0.05, 0.1) is 0 Å². The van der Waals surface area contributed by atoms with Crippen molar-refractivity contribution in [2.24, 2.45) is 58.7 Å². The lowest BCUT2D eigenvalue weighted by atomic mass is 9.49. The van der Waals surface area contributed by atoms with Crippen LogP contribution in [0, 0.1) is 58.7 Å². The van der Waals surface area contributed by atoms with E-state index >= 15 is 0 Å². The normalized spacial score (nSPS) is 40.4. The summed E-state index contributed by atoms with van der Waals surface area (Å²) in [5.41, 5.74) is 2.46. The van der Waals surface area contributed by atoms with Crippen LogP contribution in [0.5, 0.6) is 0 Å². The van der Waals surface area contributed by atoms with Crippen LogP contribution in [0.15, 0.2) is 11.6 Å². The molecule has 6 aliphatic carbocycles. The molecule has 0 amide bonds. The minimum absolute atomic E-state index is 0. The minimum Gasteiger partial charge on any atom is -0.0853 e. The van der Waals surface area contributed by atoms with Gasteiger partial charge in [-0.25, -0.2) is 0 Å². The average Bonchev–Trinajstić information content (AvgIpc) is 2.99. The Bertz CT molecular complexity index is 542. The van der Waals surface area contributed by atoms with Crippen LogP contribution in [0.25, 0.3) is 0 Å². The highest BCUT2D eigenvalue weighted by Gasteiger charge is 2.49. The van der Waals surface area contributed by atoms with Crippen LogP contribution in [0.4, 0.5) is 0 Å². The number of allylic oxidation sites excluding steroid dienone is 2. The average molecular weight is 537 g/mol. The monoisotopic (exact) mass is 537 g/mol. The topological polar surface area (TPSA) is 0 Å². The second-order valence-corrected chi connectivity index (χ2v) is 15.0. The first-order valence-electron chi connectivity index (χ1n) is 15.5. The highest BCUT2D eigenvalue weighted by Crippen LogP contribution is 2.60. The van der Waals surface area contributed by atoms with E-state index in [-0.39, 0.29) is 29.7 Å². The van der Waals surface area contributed by atoms with Gasteiger partial charge in [-0.05, 0) is 130 Å². The van der Waals surface area contributed by atoms with Crippen LogP contribution in [0.3, 0.4) is 0 Å². The minimum atomic E-state index is 0. The predicted octanol–water partition coefficient (Wildman–Crippen LogP) is 13.9. The van der Waals surface area contributed by atoms with Gasteiger partial charge in [0.1, 0.15) is 0 Å².